The lowest BCUT2D eigenvalue weighted by molar-refractivity contribution is -0.124. The van der Waals surface area contributed by atoms with Gasteiger partial charge in [0.05, 0.1) is 0 Å². The number of carbonyl (C=O) groups is 1. The highest BCUT2D eigenvalue weighted by Gasteiger charge is 2.50. The molecule has 134 valence electrons. The third-order valence-electron chi connectivity index (χ3n) is 5.36. The largest absolute Gasteiger partial charge is 0.354 e. The Morgan fingerprint density at radius 1 is 1.12 bits per heavy atom. The Balaban J connectivity index is 0.00000208. The Labute approximate surface area is 149 Å². The molecule has 0 unspecified atom stereocenters. The number of carbonyl (C=O) groups excluding carboxylic acids is 1. The van der Waals surface area contributed by atoms with E-state index < -0.39 is 14.6 Å². The van der Waals surface area contributed by atoms with Gasteiger partial charge in [-0.3, -0.25) is 4.79 Å². The van der Waals surface area contributed by atoms with E-state index in [-0.39, 0.29) is 23.7 Å². The van der Waals surface area contributed by atoms with Gasteiger partial charge in [0.25, 0.3) is 0 Å². The van der Waals surface area contributed by atoms with Crippen LogP contribution in [0.1, 0.15) is 31.2 Å². The normalized spacial score (nSPS) is 21.4. The summed E-state index contributed by atoms with van der Waals surface area (Å²) in [6.45, 7) is 1.63. The zero-order valence-corrected chi connectivity index (χ0v) is 15.5. The summed E-state index contributed by atoms with van der Waals surface area (Å²) in [5, 5.41) is 6.09. The minimum Gasteiger partial charge on any atom is -0.354 e. The molecular formula is C17H25ClN2O3S. The van der Waals surface area contributed by atoms with Crippen LogP contribution in [0.3, 0.4) is 0 Å². The number of sulfone groups is 1. The van der Waals surface area contributed by atoms with Crippen molar-refractivity contribution in [1.29, 1.82) is 0 Å². The van der Waals surface area contributed by atoms with Gasteiger partial charge in [-0.15, -0.1) is 12.4 Å². The molecule has 0 atom stereocenters. The summed E-state index contributed by atoms with van der Waals surface area (Å²) in [4.78, 5) is 12.8. The van der Waals surface area contributed by atoms with Gasteiger partial charge in [0.2, 0.25) is 5.91 Å². The predicted molar refractivity (Wildman–Crippen MR) is 97.3 cm³/mol. The van der Waals surface area contributed by atoms with Crippen molar-refractivity contribution in [3.63, 3.8) is 0 Å². The van der Waals surface area contributed by atoms with Crippen molar-refractivity contribution >= 4 is 28.2 Å². The van der Waals surface area contributed by atoms with Crippen LogP contribution in [0, 0.1) is 0 Å². The van der Waals surface area contributed by atoms with E-state index in [2.05, 4.69) is 22.8 Å². The van der Waals surface area contributed by atoms with Crippen LogP contribution in [-0.2, 0) is 20.0 Å². The van der Waals surface area contributed by atoms with Crippen LogP contribution in [0.5, 0.6) is 0 Å². The lowest BCUT2D eigenvalue weighted by Crippen LogP contribution is -2.58. The molecule has 1 saturated heterocycles. The maximum atomic E-state index is 12.8. The zero-order valence-electron chi connectivity index (χ0n) is 13.9. The first kappa shape index (κ1) is 19.2. The quantitative estimate of drug-likeness (QED) is 0.819. The Morgan fingerprint density at radius 2 is 1.71 bits per heavy atom. The molecule has 2 N–H and O–H groups in total. The average molecular weight is 373 g/mol. The average Bonchev–Trinajstić information content (AvgIpc) is 3.34. The van der Waals surface area contributed by atoms with Crippen molar-refractivity contribution in [2.24, 2.45) is 0 Å². The van der Waals surface area contributed by atoms with Gasteiger partial charge >= 0.3 is 0 Å². The molecule has 0 spiro atoms. The van der Waals surface area contributed by atoms with Crippen molar-refractivity contribution in [3.05, 3.63) is 35.9 Å². The van der Waals surface area contributed by atoms with Gasteiger partial charge in [0, 0.05) is 18.2 Å². The molecule has 0 aromatic heterocycles. The first-order valence-corrected chi connectivity index (χ1v) is 10.0. The molecule has 1 aromatic carbocycles. The van der Waals surface area contributed by atoms with E-state index in [0.717, 1.165) is 12.8 Å². The lowest BCUT2D eigenvalue weighted by Gasteiger charge is -2.34. The first-order valence-electron chi connectivity index (χ1n) is 8.14. The fourth-order valence-electron chi connectivity index (χ4n) is 3.52. The Kier molecular flexibility index (Phi) is 5.62. The Bertz CT molecular complexity index is 681. The number of halogens is 1. The fourth-order valence-corrected chi connectivity index (χ4v) is 4.87. The highest BCUT2D eigenvalue weighted by Crippen LogP contribution is 2.47. The van der Waals surface area contributed by atoms with Gasteiger partial charge < -0.3 is 10.6 Å². The molecule has 1 amide bonds. The van der Waals surface area contributed by atoms with Gasteiger partial charge in [0.1, 0.15) is 0 Å². The number of hydrogen-bond donors (Lipinski definition) is 2. The molecule has 7 heteroatoms. The van der Waals surface area contributed by atoms with Gasteiger partial charge in [-0.2, -0.15) is 0 Å². The maximum Gasteiger partial charge on any atom is 0.241 e. The van der Waals surface area contributed by atoms with Crippen LogP contribution in [-0.4, -0.2) is 45.0 Å². The summed E-state index contributed by atoms with van der Waals surface area (Å²) >= 11 is 0. The monoisotopic (exact) mass is 372 g/mol. The molecular weight excluding hydrogens is 348 g/mol. The second-order valence-corrected chi connectivity index (χ2v) is 9.17. The van der Waals surface area contributed by atoms with E-state index in [0.29, 0.717) is 32.5 Å². The maximum absolute atomic E-state index is 12.8. The molecule has 0 radical (unpaired) electrons. The fraction of sp³-hybridized carbons (Fsp3) is 0.588. The zero-order chi connectivity index (χ0) is 16.6. The van der Waals surface area contributed by atoms with Crippen LogP contribution in [0.15, 0.2) is 30.3 Å². The van der Waals surface area contributed by atoms with Crippen LogP contribution >= 0.6 is 12.4 Å². The smallest absolute Gasteiger partial charge is 0.241 e. The minimum atomic E-state index is -3.45. The molecule has 1 aliphatic heterocycles. The van der Waals surface area contributed by atoms with E-state index in [1.165, 1.54) is 11.8 Å². The van der Waals surface area contributed by atoms with Crippen molar-refractivity contribution < 1.29 is 13.2 Å². The number of benzene rings is 1. The molecule has 2 aliphatic rings. The van der Waals surface area contributed by atoms with E-state index in [9.17, 15) is 13.2 Å². The van der Waals surface area contributed by atoms with E-state index in [1.54, 1.807) is 0 Å². The van der Waals surface area contributed by atoms with Crippen LogP contribution in [0.4, 0.5) is 0 Å². The predicted octanol–water partition coefficient (Wildman–Crippen LogP) is 1.42. The molecule has 3 rings (SSSR count). The Hall–Kier alpha value is -1.11. The molecule has 24 heavy (non-hydrogen) atoms. The molecule has 1 aliphatic carbocycles. The highest BCUT2D eigenvalue weighted by atomic mass is 35.5. The second kappa shape index (κ2) is 7.02. The summed E-state index contributed by atoms with van der Waals surface area (Å²) < 4.78 is 23.3. The summed E-state index contributed by atoms with van der Waals surface area (Å²) in [7, 11) is -3.45. The summed E-state index contributed by atoms with van der Waals surface area (Å²) in [6, 6.07) is 10.1. The molecule has 0 bridgehead atoms. The number of hydrogen-bond acceptors (Lipinski definition) is 4. The third-order valence-corrected chi connectivity index (χ3v) is 7.38. The topological polar surface area (TPSA) is 75.3 Å². The minimum absolute atomic E-state index is 0. The summed E-state index contributed by atoms with van der Waals surface area (Å²) in [5.74, 6) is -0.330. The standard InChI is InChI=1S/C17H24N2O3S.ClH/c1-23(21,22)17(9-11-18-12-10-17)15(20)19-13-16(7-8-16)14-5-3-2-4-6-14;/h2-6,18H,7-13H2,1H3,(H,19,20);1H. The van der Waals surface area contributed by atoms with Gasteiger partial charge in [-0.25, -0.2) is 8.42 Å². The molecule has 1 heterocycles. The van der Waals surface area contributed by atoms with E-state index >= 15 is 0 Å². The van der Waals surface area contributed by atoms with Crippen LogP contribution in [0.2, 0.25) is 0 Å². The summed E-state index contributed by atoms with van der Waals surface area (Å²) in [6.07, 6.45) is 3.93. The highest BCUT2D eigenvalue weighted by molar-refractivity contribution is 7.92. The van der Waals surface area contributed by atoms with Crippen LogP contribution < -0.4 is 10.6 Å². The summed E-state index contributed by atoms with van der Waals surface area (Å²) in [5.41, 5.74) is 1.21. The van der Waals surface area contributed by atoms with E-state index in [4.69, 9.17) is 0 Å². The molecule has 1 saturated carbocycles. The first-order chi connectivity index (χ1) is 10.9. The lowest BCUT2D eigenvalue weighted by atomic mass is 9.93. The Morgan fingerprint density at radius 3 is 2.21 bits per heavy atom. The van der Waals surface area contributed by atoms with E-state index in [1.807, 2.05) is 18.2 Å². The molecule has 2 fully saturated rings. The van der Waals surface area contributed by atoms with Crippen LogP contribution in [0.25, 0.3) is 0 Å². The second-order valence-electron chi connectivity index (χ2n) is 6.85. The van der Waals surface area contributed by atoms with Gasteiger partial charge in [-0.1, -0.05) is 30.3 Å². The van der Waals surface area contributed by atoms with Gasteiger partial charge in [-0.05, 0) is 44.3 Å². The number of rotatable bonds is 5. The third kappa shape index (κ3) is 3.46. The number of piperidine rings is 1. The molecule has 5 nitrogen and oxygen atoms in total. The number of amides is 1. The van der Waals surface area contributed by atoms with Gasteiger partial charge in [0.15, 0.2) is 14.6 Å². The van der Waals surface area contributed by atoms with Crippen molar-refractivity contribution in [2.75, 3.05) is 25.9 Å². The molecule has 1 aromatic rings. The van der Waals surface area contributed by atoms with Crippen molar-refractivity contribution in [2.45, 2.75) is 35.8 Å². The van der Waals surface area contributed by atoms with Crippen molar-refractivity contribution in [1.82, 2.24) is 10.6 Å². The number of nitrogens with one attached hydrogen (secondary N) is 2. The van der Waals surface area contributed by atoms with Crippen molar-refractivity contribution in [3.8, 4) is 0 Å². The SMILES string of the molecule is CS(=O)(=O)C1(C(=O)NCC2(c3ccccc3)CC2)CCNCC1.Cl.